The number of carbonyl (C=O) groups excluding carboxylic acids is 1. The largest absolute Gasteiger partial charge is 1.00 e. The number of hydrogen-bond acceptors (Lipinski definition) is 3. The minimum absolute atomic E-state index is 0. The van der Waals surface area contributed by atoms with Gasteiger partial charge < -0.3 is 9.90 Å². The smallest absolute Gasteiger partial charge is 0.544 e. The van der Waals surface area contributed by atoms with E-state index < -0.39 is 5.97 Å². The van der Waals surface area contributed by atoms with Crippen LogP contribution in [0, 0.1) is 0 Å². The Balaban J connectivity index is 0.000000810. The molecule has 0 bridgehead atoms. The van der Waals surface area contributed by atoms with Gasteiger partial charge in [-0.25, -0.2) is 0 Å². The second-order valence-corrected chi connectivity index (χ2v) is 3.16. The van der Waals surface area contributed by atoms with Crippen molar-refractivity contribution in [3.05, 3.63) is 20.8 Å². The van der Waals surface area contributed by atoms with Crippen molar-refractivity contribution in [1.29, 1.82) is 0 Å². The molecular weight excluding hydrogens is 227 g/mol. The van der Waals surface area contributed by atoms with Gasteiger partial charge in [0.1, 0.15) is 0 Å². The van der Waals surface area contributed by atoms with Crippen LogP contribution in [0.1, 0.15) is 9.67 Å². The third kappa shape index (κ3) is 2.36. The molecule has 0 unspecified atom stereocenters. The molecule has 0 radical (unpaired) electrons. The predicted molar refractivity (Wildman–Crippen MR) is 36.3 cm³/mol. The summed E-state index contributed by atoms with van der Waals surface area (Å²) in [4.78, 5) is 10.4. The van der Waals surface area contributed by atoms with Crippen LogP contribution in [0.25, 0.3) is 0 Å². The van der Waals surface area contributed by atoms with E-state index in [2.05, 4.69) is 15.9 Å². The summed E-state index contributed by atoms with van der Waals surface area (Å²) in [6.45, 7) is 0. The SMILES string of the molecule is O=C([O-])c1sccc1Br.[Na+]. The van der Waals surface area contributed by atoms with Crippen molar-refractivity contribution < 1.29 is 39.5 Å². The first-order valence-corrected chi connectivity index (χ1v) is 3.83. The van der Waals surface area contributed by atoms with E-state index in [1.54, 1.807) is 11.4 Å². The van der Waals surface area contributed by atoms with Crippen LogP contribution in [0.5, 0.6) is 0 Å². The molecule has 1 aromatic rings. The van der Waals surface area contributed by atoms with E-state index in [4.69, 9.17) is 0 Å². The maximum absolute atomic E-state index is 10.2. The van der Waals surface area contributed by atoms with Gasteiger partial charge in [0.05, 0.1) is 10.8 Å². The molecule has 0 spiro atoms. The van der Waals surface area contributed by atoms with Crippen molar-refractivity contribution in [3.8, 4) is 0 Å². The summed E-state index contributed by atoms with van der Waals surface area (Å²) in [5, 5.41) is 11.8. The molecule has 0 atom stereocenters. The van der Waals surface area contributed by atoms with E-state index in [0.717, 1.165) is 11.3 Å². The fraction of sp³-hybridized carbons (Fsp3) is 0. The second kappa shape index (κ2) is 4.51. The average molecular weight is 229 g/mol. The molecule has 1 rings (SSSR count). The molecule has 1 heterocycles. The summed E-state index contributed by atoms with van der Waals surface area (Å²) < 4.78 is 0.590. The number of aromatic carboxylic acids is 1. The Hall–Kier alpha value is 0.650. The van der Waals surface area contributed by atoms with Crippen molar-refractivity contribution >= 4 is 33.2 Å². The van der Waals surface area contributed by atoms with Gasteiger partial charge in [-0.2, -0.15) is 0 Å². The Bertz CT molecular complexity index is 235. The molecule has 0 fully saturated rings. The van der Waals surface area contributed by atoms with Gasteiger partial charge in [-0.05, 0) is 27.4 Å². The number of hydrogen-bond donors (Lipinski definition) is 0. The third-order valence-corrected chi connectivity index (χ3v) is 2.62. The fourth-order valence-corrected chi connectivity index (χ4v) is 1.81. The molecule has 5 heteroatoms. The first-order valence-electron chi connectivity index (χ1n) is 2.16. The summed E-state index contributed by atoms with van der Waals surface area (Å²) in [6, 6.07) is 1.68. The average Bonchev–Trinajstić information content (AvgIpc) is 2.13. The zero-order chi connectivity index (χ0) is 6.85. The molecular formula is C5H2BrNaO2S. The summed E-state index contributed by atoms with van der Waals surface area (Å²) in [5.41, 5.74) is 0. The van der Waals surface area contributed by atoms with Crippen molar-refractivity contribution in [2.24, 2.45) is 0 Å². The minimum atomic E-state index is -1.13. The molecule has 0 saturated carbocycles. The van der Waals surface area contributed by atoms with Gasteiger partial charge in [0.2, 0.25) is 0 Å². The summed E-state index contributed by atoms with van der Waals surface area (Å²) >= 11 is 4.21. The molecule has 0 aliphatic carbocycles. The van der Waals surface area contributed by atoms with E-state index >= 15 is 0 Å². The van der Waals surface area contributed by atoms with Crippen molar-refractivity contribution in [2.75, 3.05) is 0 Å². The molecule has 2 nitrogen and oxygen atoms in total. The van der Waals surface area contributed by atoms with Crippen LogP contribution < -0.4 is 34.7 Å². The molecule has 0 aliphatic heterocycles. The quantitative estimate of drug-likeness (QED) is 0.516. The number of carbonyl (C=O) groups is 1. The van der Waals surface area contributed by atoms with Crippen LogP contribution in [-0.2, 0) is 0 Å². The summed E-state index contributed by atoms with van der Waals surface area (Å²) in [5.74, 6) is -1.13. The second-order valence-electron chi connectivity index (χ2n) is 1.39. The van der Waals surface area contributed by atoms with Gasteiger partial charge in [-0.1, -0.05) is 0 Å². The molecule has 0 saturated heterocycles. The van der Waals surface area contributed by atoms with Crippen molar-refractivity contribution in [2.45, 2.75) is 0 Å². The first kappa shape index (κ1) is 10.7. The monoisotopic (exact) mass is 228 g/mol. The Labute approximate surface area is 92.7 Å². The normalized spacial score (nSPS) is 8.50. The topological polar surface area (TPSA) is 40.1 Å². The van der Waals surface area contributed by atoms with Crippen LogP contribution in [-0.4, -0.2) is 5.97 Å². The van der Waals surface area contributed by atoms with Crippen LogP contribution in [0.15, 0.2) is 15.9 Å². The van der Waals surface area contributed by atoms with E-state index in [1.165, 1.54) is 0 Å². The van der Waals surface area contributed by atoms with Crippen LogP contribution in [0.4, 0.5) is 0 Å². The zero-order valence-electron chi connectivity index (χ0n) is 5.26. The number of thiophene rings is 1. The Morgan fingerprint density at radius 2 is 2.30 bits per heavy atom. The molecule has 1 aromatic heterocycles. The van der Waals surface area contributed by atoms with Gasteiger partial charge in [-0.15, -0.1) is 11.3 Å². The molecule has 48 valence electrons. The van der Waals surface area contributed by atoms with Gasteiger partial charge in [0, 0.05) is 4.47 Å². The fourth-order valence-electron chi connectivity index (χ4n) is 0.439. The maximum atomic E-state index is 10.2. The maximum Gasteiger partial charge on any atom is 1.00 e. The third-order valence-electron chi connectivity index (χ3n) is 0.803. The van der Waals surface area contributed by atoms with Gasteiger partial charge >= 0.3 is 29.6 Å². The van der Waals surface area contributed by atoms with Crippen LogP contribution >= 0.6 is 27.3 Å². The Kier molecular flexibility index (Phi) is 4.81. The van der Waals surface area contributed by atoms with E-state index in [0.29, 0.717) is 4.47 Å². The first-order chi connectivity index (χ1) is 4.22. The van der Waals surface area contributed by atoms with Gasteiger partial charge in [0.25, 0.3) is 0 Å². The van der Waals surface area contributed by atoms with Crippen molar-refractivity contribution in [3.63, 3.8) is 0 Å². The molecule has 10 heavy (non-hydrogen) atoms. The Morgan fingerprint density at radius 1 is 1.70 bits per heavy atom. The standard InChI is InChI=1S/C5H3BrO2S.Na/c6-3-1-2-9-4(3)5(7)8;/h1-2H,(H,7,8);/q;+1/p-1. The molecule has 0 aliphatic rings. The Morgan fingerprint density at radius 3 is 2.50 bits per heavy atom. The zero-order valence-corrected chi connectivity index (χ0v) is 9.66. The van der Waals surface area contributed by atoms with E-state index in [-0.39, 0.29) is 34.4 Å². The number of carboxylic acids is 1. The molecule has 0 aromatic carbocycles. The minimum Gasteiger partial charge on any atom is -0.544 e. The molecule has 0 N–H and O–H groups in total. The van der Waals surface area contributed by atoms with Crippen LogP contribution in [0.3, 0.4) is 0 Å². The van der Waals surface area contributed by atoms with Crippen molar-refractivity contribution in [1.82, 2.24) is 0 Å². The number of carboxylic acid groups (broad SMARTS) is 1. The predicted octanol–water partition coefficient (Wildman–Crippen LogP) is -2.12. The summed E-state index contributed by atoms with van der Waals surface area (Å²) in [7, 11) is 0. The number of rotatable bonds is 1. The summed E-state index contributed by atoms with van der Waals surface area (Å²) in [6.07, 6.45) is 0. The van der Waals surface area contributed by atoms with Gasteiger partial charge in [-0.3, -0.25) is 0 Å². The van der Waals surface area contributed by atoms with Gasteiger partial charge in [0.15, 0.2) is 0 Å². The van der Waals surface area contributed by atoms with E-state index in [9.17, 15) is 9.90 Å². The van der Waals surface area contributed by atoms with E-state index in [1.807, 2.05) is 0 Å². The van der Waals surface area contributed by atoms with Crippen LogP contribution in [0.2, 0.25) is 0 Å². The molecule has 0 amide bonds. The number of halogens is 1.